The van der Waals surface area contributed by atoms with E-state index in [0.29, 0.717) is 5.92 Å². The van der Waals surface area contributed by atoms with Crippen molar-refractivity contribution in [3.05, 3.63) is 11.3 Å². The minimum absolute atomic E-state index is 0.411. The van der Waals surface area contributed by atoms with E-state index in [0.717, 1.165) is 23.4 Å². The van der Waals surface area contributed by atoms with Gasteiger partial charge in [0.25, 0.3) is 0 Å². The summed E-state index contributed by atoms with van der Waals surface area (Å²) < 4.78 is 0. The predicted octanol–water partition coefficient (Wildman–Crippen LogP) is 1.68. The van der Waals surface area contributed by atoms with Crippen LogP contribution in [0.3, 0.4) is 0 Å². The molecule has 0 aromatic heterocycles. The van der Waals surface area contributed by atoms with Gasteiger partial charge < -0.3 is 5.73 Å². The van der Waals surface area contributed by atoms with Crippen molar-refractivity contribution in [3.8, 4) is 12.0 Å². The maximum Gasteiger partial charge on any atom is 0.0532 e. The Kier molecular flexibility index (Phi) is 2.54. The molecular formula is C10H14N2. The highest BCUT2D eigenvalue weighted by Gasteiger charge is 2.14. The lowest BCUT2D eigenvalue weighted by Crippen LogP contribution is -2.12. The Morgan fingerprint density at radius 2 is 2.33 bits per heavy atom. The van der Waals surface area contributed by atoms with Gasteiger partial charge in [0, 0.05) is 18.2 Å². The zero-order chi connectivity index (χ0) is 9.14. The van der Waals surface area contributed by atoms with E-state index >= 15 is 0 Å². The van der Waals surface area contributed by atoms with Gasteiger partial charge in [0.15, 0.2) is 0 Å². The molecule has 1 atom stereocenters. The summed E-state index contributed by atoms with van der Waals surface area (Å²) in [6.07, 6.45) is 0.852. The van der Waals surface area contributed by atoms with Gasteiger partial charge in [0.2, 0.25) is 0 Å². The van der Waals surface area contributed by atoms with Gasteiger partial charge in [-0.1, -0.05) is 12.8 Å². The highest BCUT2D eigenvalue weighted by Crippen LogP contribution is 2.19. The molecule has 0 bridgehead atoms. The van der Waals surface area contributed by atoms with Crippen molar-refractivity contribution in [1.29, 1.82) is 0 Å². The summed E-state index contributed by atoms with van der Waals surface area (Å²) in [6.45, 7) is 6.00. The predicted molar refractivity (Wildman–Crippen MR) is 51.6 cm³/mol. The van der Waals surface area contributed by atoms with Crippen LogP contribution in [0.5, 0.6) is 0 Å². The summed E-state index contributed by atoms with van der Waals surface area (Å²) in [4.78, 5) is 4.09. The van der Waals surface area contributed by atoms with Gasteiger partial charge in [0.1, 0.15) is 0 Å². The quantitative estimate of drug-likeness (QED) is 0.541. The van der Waals surface area contributed by atoms with E-state index in [9.17, 15) is 0 Å². The number of nitrogens with two attached hydrogens (primary N) is 1. The lowest BCUT2D eigenvalue weighted by Gasteiger charge is -2.13. The number of aliphatic imine (C=N–C) groups is 1. The molecule has 1 rings (SSSR count). The third kappa shape index (κ3) is 1.68. The molecule has 64 valence electrons. The van der Waals surface area contributed by atoms with Crippen LogP contribution in [0.4, 0.5) is 0 Å². The van der Waals surface area contributed by atoms with Crippen LogP contribution in [0.1, 0.15) is 27.2 Å². The average molecular weight is 162 g/mol. The fourth-order valence-corrected chi connectivity index (χ4v) is 1.52. The maximum atomic E-state index is 5.76. The first-order valence-corrected chi connectivity index (χ1v) is 4.11. The van der Waals surface area contributed by atoms with E-state index in [1.54, 1.807) is 0 Å². The number of hydrogen-bond acceptors (Lipinski definition) is 2. The van der Waals surface area contributed by atoms with Crippen LogP contribution in [-0.4, -0.2) is 5.71 Å². The van der Waals surface area contributed by atoms with E-state index in [1.807, 2.05) is 13.8 Å². The minimum Gasteiger partial charge on any atom is -0.402 e. The molecule has 1 unspecified atom stereocenters. The lowest BCUT2D eigenvalue weighted by atomic mass is 9.93. The van der Waals surface area contributed by atoms with Crippen molar-refractivity contribution in [2.45, 2.75) is 27.2 Å². The Morgan fingerprint density at radius 3 is 2.92 bits per heavy atom. The molecule has 2 nitrogen and oxygen atoms in total. The molecule has 0 aromatic carbocycles. The van der Waals surface area contributed by atoms with Crippen molar-refractivity contribution in [3.63, 3.8) is 0 Å². The summed E-state index contributed by atoms with van der Waals surface area (Å²) in [5, 5.41) is 0. The first kappa shape index (κ1) is 8.86. The van der Waals surface area contributed by atoms with Crippen molar-refractivity contribution in [2.75, 3.05) is 0 Å². The normalized spacial score (nSPS) is 26.6. The second-order valence-electron chi connectivity index (χ2n) is 3.19. The lowest BCUT2D eigenvalue weighted by molar-refractivity contribution is 0.726. The highest BCUT2D eigenvalue weighted by atomic mass is 14.7. The monoisotopic (exact) mass is 162 g/mol. The van der Waals surface area contributed by atoms with Crippen molar-refractivity contribution in [1.82, 2.24) is 0 Å². The molecule has 0 amide bonds. The first-order chi connectivity index (χ1) is 5.63. The van der Waals surface area contributed by atoms with Crippen molar-refractivity contribution in [2.24, 2.45) is 16.6 Å². The second-order valence-corrected chi connectivity index (χ2v) is 3.19. The molecule has 0 aromatic rings. The van der Waals surface area contributed by atoms with Gasteiger partial charge in [-0.3, -0.25) is 0 Å². The van der Waals surface area contributed by atoms with Crippen LogP contribution in [0.15, 0.2) is 16.3 Å². The summed E-state index contributed by atoms with van der Waals surface area (Å²) in [5.74, 6) is 3.40. The van der Waals surface area contributed by atoms with E-state index in [1.165, 1.54) is 0 Å². The first-order valence-electron chi connectivity index (χ1n) is 4.11. The summed E-state index contributed by atoms with van der Waals surface area (Å²) in [7, 11) is 0. The molecule has 1 aliphatic rings. The number of rotatable bonds is 0. The van der Waals surface area contributed by atoms with E-state index < -0.39 is 0 Å². The zero-order valence-electron chi connectivity index (χ0n) is 7.81. The largest absolute Gasteiger partial charge is 0.402 e. The fourth-order valence-electron chi connectivity index (χ4n) is 1.52. The minimum atomic E-state index is 0.411. The second kappa shape index (κ2) is 3.44. The number of hydrogen-bond donors (Lipinski definition) is 1. The smallest absolute Gasteiger partial charge is 0.0532 e. The van der Waals surface area contributed by atoms with Gasteiger partial charge in [-0.25, -0.2) is 4.99 Å². The molecule has 2 N–H and O–H groups in total. The molecule has 0 radical (unpaired) electrons. The van der Waals surface area contributed by atoms with Crippen LogP contribution in [0.25, 0.3) is 0 Å². The summed E-state index contributed by atoms with van der Waals surface area (Å²) in [5.41, 5.74) is 8.73. The van der Waals surface area contributed by atoms with Gasteiger partial charge in [0.05, 0.1) is 5.71 Å². The van der Waals surface area contributed by atoms with Crippen LogP contribution in [0, 0.1) is 17.9 Å². The summed E-state index contributed by atoms with van der Waals surface area (Å²) >= 11 is 0. The SMILES string of the molecule is CC1=NC#CCC(C)C1=C(C)N. The van der Waals surface area contributed by atoms with Crippen LogP contribution < -0.4 is 5.73 Å². The van der Waals surface area contributed by atoms with Gasteiger partial charge >= 0.3 is 0 Å². The van der Waals surface area contributed by atoms with E-state index in [-0.39, 0.29) is 0 Å². The van der Waals surface area contributed by atoms with Gasteiger partial charge in [-0.15, -0.1) is 0 Å². The average Bonchev–Trinajstić information content (AvgIpc) is 2.11. The van der Waals surface area contributed by atoms with E-state index in [4.69, 9.17) is 5.73 Å². The number of allylic oxidation sites excluding steroid dienone is 2. The molecule has 0 saturated heterocycles. The van der Waals surface area contributed by atoms with Gasteiger partial charge in [-0.05, 0) is 25.3 Å². The molecule has 2 heteroatoms. The molecule has 0 spiro atoms. The fraction of sp³-hybridized carbons (Fsp3) is 0.500. The van der Waals surface area contributed by atoms with Gasteiger partial charge in [-0.2, -0.15) is 0 Å². The zero-order valence-corrected chi connectivity index (χ0v) is 7.81. The third-order valence-corrected chi connectivity index (χ3v) is 2.02. The Labute approximate surface area is 73.6 Å². The van der Waals surface area contributed by atoms with E-state index in [2.05, 4.69) is 23.9 Å². The van der Waals surface area contributed by atoms with Crippen LogP contribution >= 0.6 is 0 Å². The Bertz CT molecular complexity index is 296. The van der Waals surface area contributed by atoms with Crippen LogP contribution in [0.2, 0.25) is 0 Å². The summed E-state index contributed by atoms with van der Waals surface area (Å²) in [6, 6.07) is 2.76. The molecule has 12 heavy (non-hydrogen) atoms. The Balaban J connectivity index is 3.10. The molecule has 1 aliphatic heterocycles. The highest BCUT2D eigenvalue weighted by molar-refractivity contribution is 6.00. The maximum absolute atomic E-state index is 5.76. The Hall–Kier alpha value is -1.23. The molecular weight excluding hydrogens is 148 g/mol. The molecule has 0 fully saturated rings. The molecule has 1 heterocycles. The molecule has 0 saturated carbocycles. The third-order valence-electron chi connectivity index (χ3n) is 2.02. The number of nitrogens with zero attached hydrogens (tertiary/aromatic N) is 1. The van der Waals surface area contributed by atoms with Crippen LogP contribution in [-0.2, 0) is 0 Å². The van der Waals surface area contributed by atoms with Crippen molar-refractivity contribution >= 4 is 5.71 Å². The van der Waals surface area contributed by atoms with Crippen molar-refractivity contribution < 1.29 is 0 Å². The Morgan fingerprint density at radius 1 is 1.67 bits per heavy atom. The standard InChI is InChI=1S/C10H14N2/c1-7-5-4-6-12-9(3)10(7)8(2)11/h7H,5,11H2,1-3H3. The molecule has 0 aliphatic carbocycles. The topological polar surface area (TPSA) is 38.4 Å².